The Morgan fingerprint density at radius 1 is 0.889 bits per heavy atom. The van der Waals surface area contributed by atoms with Crippen LogP contribution in [0.3, 0.4) is 0 Å². The lowest BCUT2D eigenvalue weighted by Gasteiger charge is -2.22. The van der Waals surface area contributed by atoms with Gasteiger partial charge in [0.1, 0.15) is 8.07 Å². The topological polar surface area (TPSA) is 0 Å². The van der Waals surface area contributed by atoms with Gasteiger partial charge in [0.2, 0.25) is 0 Å². The summed E-state index contributed by atoms with van der Waals surface area (Å²) in [6.45, 7) is 4.83. The van der Waals surface area contributed by atoms with Crippen LogP contribution < -0.4 is 5.19 Å². The van der Waals surface area contributed by atoms with Crippen molar-refractivity contribution in [3.05, 3.63) is 64.7 Å². The van der Waals surface area contributed by atoms with Gasteiger partial charge in [-0.3, -0.25) is 0 Å². The van der Waals surface area contributed by atoms with E-state index in [1.807, 2.05) is 12.1 Å². The number of fused-ring (bicyclic) bond motifs is 1. The smallest absolute Gasteiger partial charge is 0.0843 e. The zero-order valence-corrected chi connectivity index (χ0v) is 12.3. The van der Waals surface area contributed by atoms with Gasteiger partial charge in [-0.2, -0.15) is 0 Å². The first-order chi connectivity index (χ1) is 8.59. The first-order valence-corrected chi connectivity index (χ1v) is 9.54. The molecule has 0 spiro atoms. The number of hydrogen-bond acceptors (Lipinski definition) is 0. The van der Waals surface area contributed by atoms with Crippen molar-refractivity contribution in [1.29, 1.82) is 0 Å². The number of benzene rings is 2. The third kappa shape index (κ3) is 1.75. The van der Waals surface area contributed by atoms with Crippen molar-refractivity contribution in [2.75, 3.05) is 0 Å². The number of halogens is 1. The SMILES string of the molecule is C[Si]1(C)C(c2ccc(Cl)cc2)=Cc2ccccc21. The van der Waals surface area contributed by atoms with Gasteiger partial charge in [-0.15, -0.1) is 0 Å². The largest absolute Gasteiger partial charge is 0.113 e. The summed E-state index contributed by atoms with van der Waals surface area (Å²) in [6.07, 6.45) is 2.35. The Bertz CT molecular complexity index is 624. The summed E-state index contributed by atoms with van der Waals surface area (Å²) in [4.78, 5) is 0. The van der Waals surface area contributed by atoms with Gasteiger partial charge in [-0.1, -0.05) is 67.2 Å². The maximum absolute atomic E-state index is 5.97. The maximum Gasteiger partial charge on any atom is 0.113 e. The lowest BCUT2D eigenvalue weighted by atomic mass is 10.1. The van der Waals surface area contributed by atoms with E-state index in [-0.39, 0.29) is 0 Å². The molecule has 0 N–H and O–H groups in total. The minimum absolute atomic E-state index is 0.800. The van der Waals surface area contributed by atoms with Gasteiger partial charge in [0.25, 0.3) is 0 Å². The van der Waals surface area contributed by atoms with Crippen LogP contribution in [0.25, 0.3) is 11.3 Å². The van der Waals surface area contributed by atoms with Gasteiger partial charge in [-0.25, -0.2) is 0 Å². The van der Waals surface area contributed by atoms with Gasteiger partial charge in [0, 0.05) is 5.02 Å². The highest BCUT2D eigenvalue weighted by molar-refractivity contribution is 7.07. The zero-order chi connectivity index (χ0) is 12.8. The molecule has 0 nitrogen and oxygen atoms in total. The Labute approximate surface area is 114 Å². The van der Waals surface area contributed by atoms with Crippen molar-refractivity contribution in [3.8, 4) is 0 Å². The molecule has 0 aromatic heterocycles. The summed E-state index contributed by atoms with van der Waals surface area (Å²) in [5, 5.41) is 3.84. The van der Waals surface area contributed by atoms with Crippen LogP contribution in [0, 0.1) is 0 Å². The van der Waals surface area contributed by atoms with E-state index in [2.05, 4.69) is 55.6 Å². The molecule has 0 saturated heterocycles. The van der Waals surface area contributed by atoms with Crippen LogP contribution in [0.5, 0.6) is 0 Å². The first kappa shape index (κ1) is 11.8. The second-order valence-electron chi connectivity index (χ2n) is 5.28. The molecular formula is C16H15ClSi. The first-order valence-electron chi connectivity index (χ1n) is 6.17. The molecule has 1 aliphatic rings. The molecule has 2 aromatic rings. The molecule has 0 fully saturated rings. The molecule has 0 atom stereocenters. The van der Waals surface area contributed by atoms with Crippen LogP contribution in [0.4, 0.5) is 0 Å². The van der Waals surface area contributed by atoms with Gasteiger partial charge in [0.15, 0.2) is 0 Å². The molecule has 0 bridgehead atoms. The van der Waals surface area contributed by atoms with E-state index in [1.165, 1.54) is 21.5 Å². The Morgan fingerprint density at radius 2 is 1.56 bits per heavy atom. The van der Waals surface area contributed by atoms with E-state index < -0.39 is 8.07 Å². The average molecular weight is 271 g/mol. The van der Waals surface area contributed by atoms with E-state index in [9.17, 15) is 0 Å². The van der Waals surface area contributed by atoms with Crippen molar-refractivity contribution in [1.82, 2.24) is 0 Å². The van der Waals surface area contributed by atoms with E-state index in [0.29, 0.717) is 0 Å². The van der Waals surface area contributed by atoms with Gasteiger partial charge in [-0.05, 0) is 33.6 Å². The van der Waals surface area contributed by atoms with E-state index in [1.54, 1.807) is 0 Å². The average Bonchev–Trinajstić information content (AvgIpc) is 2.63. The molecule has 3 rings (SSSR count). The molecule has 90 valence electrons. The molecule has 0 radical (unpaired) electrons. The fourth-order valence-electron chi connectivity index (χ4n) is 2.75. The van der Waals surface area contributed by atoms with Crippen molar-refractivity contribution in [3.63, 3.8) is 0 Å². The molecule has 1 heterocycles. The van der Waals surface area contributed by atoms with Crippen LogP contribution >= 0.6 is 11.6 Å². The lowest BCUT2D eigenvalue weighted by molar-refractivity contribution is 1.64. The van der Waals surface area contributed by atoms with Crippen molar-refractivity contribution < 1.29 is 0 Å². The van der Waals surface area contributed by atoms with Crippen molar-refractivity contribution >= 4 is 36.1 Å². The van der Waals surface area contributed by atoms with Crippen LogP contribution in [0.1, 0.15) is 11.1 Å². The molecule has 0 amide bonds. The van der Waals surface area contributed by atoms with Gasteiger partial charge < -0.3 is 0 Å². The summed E-state index contributed by atoms with van der Waals surface area (Å²) in [6, 6.07) is 17.0. The van der Waals surface area contributed by atoms with Gasteiger partial charge >= 0.3 is 0 Å². The highest BCUT2D eigenvalue weighted by Gasteiger charge is 2.35. The second kappa shape index (κ2) is 4.11. The molecular weight excluding hydrogens is 256 g/mol. The molecule has 18 heavy (non-hydrogen) atoms. The molecule has 0 aliphatic carbocycles. The third-order valence-electron chi connectivity index (χ3n) is 3.76. The molecule has 0 saturated carbocycles. The summed E-state index contributed by atoms with van der Waals surface area (Å²) < 4.78 is 0. The maximum atomic E-state index is 5.97. The highest BCUT2D eigenvalue weighted by Crippen LogP contribution is 2.34. The predicted octanol–water partition coefficient (Wildman–Crippen LogP) is 4.35. The fourth-order valence-corrected chi connectivity index (χ4v) is 5.96. The van der Waals surface area contributed by atoms with E-state index in [0.717, 1.165) is 5.02 Å². The van der Waals surface area contributed by atoms with Crippen molar-refractivity contribution in [2.45, 2.75) is 13.1 Å². The second-order valence-corrected chi connectivity index (χ2v) is 10.0. The van der Waals surface area contributed by atoms with E-state index in [4.69, 9.17) is 11.6 Å². The standard InChI is InChI=1S/C16H15ClSi/c1-18(2)15-6-4-3-5-13(15)11-16(18)12-7-9-14(17)10-8-12/h3-11H,1-2H3. The quantitative estimate of drug-likeness (QED) is 0.676. The Balaban J connectivity index is 2.13. The molecule has 0 unspecified atom stereocenters. The summed E-state index contributed by atoms with van der Waals surface area (Å²) in [7, 11) is -1.53. The van der Waals surface area contributed by atoms with Crippen LogP contribution in [0.2, 0.25) is 18.1 Å². The Morgan fingerprint density at radius 3 is 2.22 bits per heavy atom. The van der Waals surface area contributed by atoms with Crippen LogP contribution in [0.15, 0.2) is 48.5 Å². The predicted molar refractivity (Wildman–Crippen MR) is 82.9 cm³/mol. The summed E-state index contributed by atoms with van der Waals surface area (Å²) >= 11 is 5.97. The Kier molecular flexibility index (Phi) is 2.69. The minimum atomic E-state index is -1.53. The zero-order valence-electron chi connectivity index (χ0n) is 10.6. The summed E-state index contributed by atoms with van der Waals surface area (Å²) in [5.74, 6) is 0. The normalized spacial score (nSPS) is 16.3. The van der Waals surface area contributed by atoms with Gasteiger partial charge in [0.05, 0.1) is 0 Å². The third-order valence-corrected chi connectivity index (χ3v) is 7.60. The number of hydrogen-bond donors (Lipinski definition) is 0. The van der Waals surface area contributed by atoms with Crippen LogP contribution in [-0.4, -0.2) is 8.07 Å². The molecule has 2 aromatic carbocycles. The summed E-state index contributed by atoms with van der Waals surface area (Å²) in [5.41, 5.74) is 2.70. The minimum Gasteiger partial charge on any atom is -0.0843 e. The van der Waals surface area contributed by atoms with Crippen LogP contribution in [-0.2, 0) is 0 Å². The molecule has 2 heteroatoms. The lowest BCUT2D eigenvalue weighted by Crippen LogP contribution is -2.40. The molecule has 1 aliphatic heterocycles. The number of rotatable bonds is 1. The monoisotopic (exact) mass is 270 g/mol. The highest BCUT2D eigenvalue weighted by atomic mass is 35.5. The fraction of sp³-hybridized carbons (Fsp3) is 0.125. The van der Waals surface area contributed by atoms with E-state index >= 15 is 0 Å². The van der Waals surface area contributed by atoms with Crippen molar-refractivity contribution in [2.24, 2.45) is 0 Å². The Hall–Kier alpha value is -1.31.